The Hall–Kier alpha value is -1.98. The van der Waals surface area contributed by atoms with E-state index in [0.29, 0.717) is 12.5 Å². The molecule has 1 aliphatic carbocycles. The number of aromatic nitrogens is 1. The van der Waals surface area contributed by atoms with Gasteiger partial charge in [0.15, 0.2) is 0 Å². The Morgan fingerprint density at radius 3 is 2.70 bits per heavy atom. The average molecular weight is 274 g/mol. The standard InChI is InChI=1S/C14H18N4O2/c15-11-3-4-12(16-13(11)8-1-2-8)17-6-10-5-9(17)7-18(10)14(19)20/h3-4,8-10H,1-2,5-7,15H2,(H,19,20)/t9-,10-/m1/s1. The fourth-order valence-corrected chi connectivity index (χ4v) is 3.50. The van der Waals surface area contributed by atoms with Crippen LogP contribution in [0.3, 0.4) is 0 Å². The summed E-state index contributed by atoms with van der Waals surface area (Å²) in [5.74, 6) is 1.49. The van der Waals surface area contributed by atoms with E-state index in [1.807, 2.05) is 12.1 Å². The number of nitrogens with zero attached hydrogens (tertiary/aromatic N) is 3. The molecule has 1 amide bonds. The third-order valence-corrected chi connectivity index (χ3v) is 4.69. The maximum atomic E-state index is 11.1. The van der Waals surface area contributed by atoms with E-state index in [4.69, 9.17) is 15.8 Å². The number of nitrogen functional groups attached to an aromatic ring is 1. The van der Waals surface area contributed by atoms with Crippen molar-refractivity contribution in [3.8, 4) is 0 Å². The van der Waals surface area contributed by atoms with Crippen LogP contribution in [0, 0.1) is 0 Å². The minimum absolute atomic E-state index is 0.112. The molecule has 1 aromatic heterocycles. The van der Waals surface area contributed by atoms with Gasteiger partial charge in [-0.2, -0.15) is 0 Å². The molecule has 0 unspecified atom stereocenters. The van der Waals surface area contributed by atoms with Crippen molar-refractivity contribution in [2.45, 2.75) is 37.3 Å². The number of nitrogens with two attached hydrogens (primary N) is 1. The molecule has 3 aliphatic rings. The molecule has 6 heteroatoms. The number of anilines is 2. The molecule has 0 aromatic carbocycles. The van der Waals surface area contributed by atoms with Gasteiger partial charge >= 0.3 is 6.09 Å². The Labute approximate surface area is 117 Å². The predicted molar refractivity (Wildman–Crippen MR) is 74.9 cm³/mol. The fourth-order valence-electron chi connectivity index (χ4n) is 3.50. The number of likely N-dealkylation sites (tertiary alicyclic amines) is 1. The second kappa shape index (κ2) is 4.01. The smallest absolute Gasteiger partial charge is 0.407 e. The van der Waals surface area contributed by atoms with E-state index in [-0.39, 0.29) is 12.1 Å². The van der Waals surface area contributed by atoms with E-state index in [2.05, 4.69) is 4.90 Å². The van der Waals surface area contributed by atoms with Crippen LogP contribution in [0.1, 0.15) is 30.9 Å². The highest BCUT2D eigenvalue weighted by molar-refractivity contribution is 5.67. The Morgan fingerprint density at radius 2 is 2.10 bits per heavy atom. The van der Waals surface area contributed by atoms with Gasteiger partial charge in [0.25, 0.3) is 0 Å². The fraction of sp³-hybridized carbons (Fsp3) is 0.571. The van der Waals surface area contributed by atoms with Crippen LogP contribution in [0.4, 0.5) is 16.3 Å². The molecular weight excluding hydrogens is 256 g/mol. The van der Waals surface area contributed by atoms with Gasteiger partial charge in [-0.15, -0.1) is 0 Å². The number of rotatable bonds is 2. The van der Waals surface area contributed by atoms with Crippen LogP contribution >= 0.6 is 0 Å². The molecule has 4 rings (SSSR count). The van der Waals surface area contributed by atoms with Gasteiger partial charge in [0.05, 0.1) is 23.5 Å². The zero-order valence-corrected chi connectivity index (χ0v) is 11.2. The van der Waals surface area contributed by atoms with Gasteiger partial charge in [-0.25, -0.2) is 9.78 Å². The third-order valence-electron chi connectivity index (χ3n) is 4.69. The van der Waals surface area contributed by atoms with Crippen LogP contribution < -0.4 is 10.6 Å². The first-order chi connectivity index (χ1) is 9.63. The number of pyridine rings is 1. The van der Waals surface area contributed by atoms with E-state index >= 15 is 0 Å². The number of piperazine rings is 1. The number of carbonyl (C=O) groups is 1. The van der Waals surface area contributed by atoms with Crippen LogP contribution in [-0.4, -0.2) is 46.3 Å². The molecule has 1 saturated carbocycles. The first-order valence-corrected chi connectivity index (χ1v) is 7.16. The van der Waals surface area contributed by atoms with Gasteiger partial charge in [-0.05, 0) is 31.4 Å². The summed E-state index contributed by atoms with van der Waals surface area (Å²) in [4.78, 5) is 19.6. The zero-order chi connectivity index (χ0) is 13.9. The first-order valence-electron chi connectivity index (χ1n) is 7.16. The predicted octanol–water partition coefficient (Wildman–Crippen LogP) is 1.48. The van der Waals surface area contributed by atoms with E-state index in [0.717, 1.165) is 30.2 Å². The van der Waals surface area contributed by atoms with Crippen molar-refractivity contribution in [3.63, 3.8) is 0 Å². The topological polar surface area (TPSA) is 82.7 Å². The molecular formula is C14H18N4O2. The summed E-state index contributed by atoms with van der Waals surface area (Å²) in [6.07, 6.45) is 2.47. The second-order valence-corrected chi connectivity index (χ2v) is 6.05. The molecule has 2 atom stereocenters. The lowest BCUT2D eigenvalue weighted by Crippen LogP contribution is -2.48. The lowest BCUT2D eigenvalue weighted by Gasteiger charge is -2.33. The van der Waals surface area contributed by atoms with E-state index in [1.54, 1.807) is 4.90 Å². The number of amides is 1. The van der Waals surface area contributed by atoms with Gasteiger partial charge in [0.1, 0.15) is 5.82 Å². The minimum Gasteiger partial charge on any atom is -0.465 e. The molecule has 3 heterocycles. The summed E-state index contributed by atoms with van der Waals surface area (Å²) >= 11 is 0. The average Bonchev–Trinajstić information content (AvgIpc) is 3.07. The van der Waals surface area contributed by atoms with Gasteiger partial charge in [-0.1, -0.05) is 0 Å². The molecule has 0 radical (unpaired) electrons. The Kier molecular flexibility index (Phi) is 2.37. The normalized spacial score (nSPS) is 28.2. The Balaban J connectivity index is 1.58. The molecule has 2 aliphatic heterocycles. The molecule has 2 saturated heterocycles. The van der Waals surface area contributed by atoms with Crippen molar-refractivity contribution < 1.29 is 9.90 Å². The van der Waals surface area contributed by atoms with Gasteiger partial charge in [0.2, 0.25) is 0 Å². The summed E-state index contributed by atoms with van der Waals surface area (Å²) in [7, 11) is 0. The monoisotopic (exact) mass is 274 g/mol. The van der Waals surface area contributed by atoms with E-state index in [1.165, 1.54) is 12.8 Å². The molecule has 1 aromatic rings. The largest absolute Gasteiger partial charge is 0.465 e. The number of fused-ring (bicyclic) bond motifs is 2. The molecule has 20 heavy (non-hydrogen) atoms. The number of carboxylic acid groups (broad SMARTS) is 1. The Bertz CT molecular complexity index is 572. The SMILES string of the molecule is Nc1ccc(N2C[C@H]3C[C@@H]2CN3C(=O)O)nc1C1CC1. The van der Waals surface area contributed by atoms with Gasteiger partial charge in [-0.3, -0.25) is 0 Å². The summed E-state index contributed by atoms with van der Waals surface area (Å²) in [6, 6.07) is 4.28. The second-order valence-electron chi connectivity index (χ2n) is 6.05. The maximum absolute atomic E-state index is 11.1. The highest BCUT2D eigenvalue weighted by atomic mass is 16.4. The van der Waals surface area contributed by atoms with Crippen LogP contribution in [0.15, 0.2) is 12.1 Å². The van der Waals surface area contributed by atoms with Crippen LogP contribution in [0.2, 0.25) is 0 Å². The van der Waals surface area contributed by atoms with Crippen molar-refractivity contribution in [1.82, 2.24) is 9.88 Å². The van der Waals surface area contributed by atoms with Gasteiger partial charge in [0, 0.05) is 19.0 Å². The molecule has 3 fully saturated rings. The van der Waals surface area contributed by atoms with Crippen molar-refractivity contribution in [2.75, 3.05) is 23.7 Å². The zero-order valence-electron chi connectivity index (χ0n) is 11.2. The number of hydrogen-bond donors (Lipinski definition) is 2. The van der Waals surface area contributed by atoms with Crippen LogP contribution in [0.5, 0.6) is 0 Å². The summed E-state index contributed by atoms with van der Waals surface area (Å²) in [6.45, 7) is 1.34. The van der Waals surface area contributed by atoms with Crippen molar-refractivity contribution >= 4 is 17.6 Å². The van der Waals surface area contributed by atoms with Crippen molar-refractivity contribution in [2.24, 2.45) is 0 Å². The van der Waals surface area contributed by atoms with Gasteiger partial charge < -0.3 is 20.6 Å². The summed E-state index contributed by atoms with van der Waals surface area (Å²) < 4.78 is 0. The highest BCUT2D eigenvalue weighted by Gasteiger charge is 2.46. The maximum Gasteiger partial charge on any atom is 0.407 e. The van der Waals surface area contributed by atoms with E-state index < -0.39 is 6.09 Å². The summed E-state index contributed by atoms with van der Waals surface area (Å²) in [5, 5.41) is 9.13. The first kappa shape index (κ1) is 11.8. The lowest BCUT2D eigenvalue weighted by atomic mass is 10.2. The lowest BCUT2D eigenvalue weighted by molar-refractivity contribution is 0.137. The number of hydrogen-bond acceptors (Lipinski definition) is 4. The van der Waals surface area contributed by atoms with Crippen molar-refractivity contribution in [1.29, 1.82) is 0 Å². The molecule has 6 nitrogen and oxygen atoms in total. The quantitative estimate of drug-likeness (QED) is 0.853. The molecule has 3 N–H and O–H groups in total. The Morgan fingerprint density at radius 1 is 1.30 bits per heavy atom. The van der Waals surface area contributed by atoms with Crippen LogP contribution in [-0.2, 0) is 0 Å². The van der Waals surface area contributed by atoms with Crippen molar-refractivity contribution in [3.05, 3.63) is 17.8 Å². The molecule has 0 spiro atoms. The minimum atomic E-state index is -0.805. The highest BCUT2D eigenvalue weighted by Crippen LogP contribution is 2.43. The molecule has 2 bridgehead atoms. The molecule has 106 valence electrons. The third kappa shape index (κ3) is 1.71. The summed E-state index contributed by atoms with van der Waals surface area (Å²) in [5.41, 5.74) is 7.81. The van der Waals surface area contributed by atoms with Crippen LogP contribution in [0.25, 0.3) is 0 Å². The van der Waals surface area contributed by atoms with E-state index in [9.17, 15) is 4.79 Å².